The second-order valence-electron chi connectivity index (χ2n) is 5.57. The monoisotopic (exact) mass is 294 g/mol. The fraction of sp³-hybridized carbons (Fsp3) is 0.588. The lowest BCUT2D eigenvalue weighted by molar-refractivity contribution is -0.145. The highest BCUT2D eigenvalue weighted by atomic mass is 35.5. The van der Waals surface area contributed by atoms with Crippen LogP contribution in [0, 0.1) is 0 Å². The third-order valence-corrected chi connectivity index (χ3v) is 4.37. The van der Waals surface area contributed by atoms with E-state index in [1.165, 1.54) is 12.8 Å². The predicted molar refractivity (Wildman–Crippen MR) is 82.2 cm³/mol. The first-order valence-electron chi connectivity index (χ1n) is 7.58. The van der Waals surface area contributed by atoms with Gasteiger partial charge in [-0.25, -0.2) is 0 Å². The standard InChI is InChI=1S/C17H23ClO2/c1-2-20-17(11-5-3-4-6-12-17)16(19)13-14-7-9-15(18)10-8-14/h7-10H,2-6,11-13H2,1H3. The summed E-state index contributed by atoms with van der Waals surface area (Å²) in [6.07, 6.45) is 6.78. The van der Waals surface area contributed by atoms with Crippen LogP contribution in [0.5, 0.6) is 0 Å². The Balaban J connectivity index is 2.11. The molecular formula is C17H23ClO2. The number of rotatable bonds is 5. The van der Waals surface area contributed by atoms with Crippen molar-refractivity contribution in [2.75, 3.05) is 6.61 Å². The number of carbonyl (C=O) groups is 1. The van der Waals surface area contributed by atoms with E-state index in [2.05, 4.69) is 0 Å². The zero-order valence-electron chi connectivity index (χ0n) is 12.2. The van der Waals surface area contributed by atoms with Gasteiger partial charge < -0.3 is 4.74 Å². The van der Waals surface area contributed by atoms with Gasteiger partial charge in [0, 0.05) is 18.1 Å². The van der Waals surface area contributed by atoms with Crippen molar-refractivity contribution < 1.29 is 9.53 Å². The number of hydrogen-bond donors (Lipinski definition) is 0. The van der Waals surface area contributed by atoms with Crippen LogP contribution in [0.1, 0.15) is 51.0 Å². The van der Waals surface area contributed by atoms with Gasteiger partial charge in [-0.2, -0.15) is 0 Å². The van der Waals surface area contributed by atoms with Gasteiger partial charge in [-0.05, 0) is 37.5 Å². The number of benzene rings is 1. The largest absolute Gasteiger partial charge is 0.367 e. The summed E-state index contributed by atoms with van der Waals surface area (Å²) in [6, 6.07) is 7.53. The van der Waals surface area contributed by atoms with Gasteiger partial charge in [0.1, 0.15) is 5.60 Å². The Morgan fingerprint density at radius 1 is 1.15 bits per heavy atom. The van der Waals surface area contributed by atoms with Crippen LogP contribution in [0.3, 0.4) is 0 Å². The Labute approximate surface area is 126 Å². The average molecular weight is 295 g/mol. The molecule has 2 rings (SSSR count). The molecule has 0 aliphatic heterocycles. The maximum absolute atomic E-state index is 12.8. The van der Waals surface area contributed by atoms with Crippen molar-refractivity contribution in [3.05, 3.63) is 34.9 Å². The highest BCUT2D eigenvalue weighted by molar-refractivity contribution is 6.30. The van der Waals surface area contributed by atoms with Gasteiger partial charge in [-0.3, -0.25) is 4.79 Å². The Morgan fingerprint density at radius 2 is 1.75 bits per heavy atom. The van der Waals surface area contributed by atoms with Crippen LogP contribution in [0.4, 0.5) is 0 Å². The molecule has 1 aromatic rings. The molecule has 1 aromatic carbocycles. The molecular weight excluding hydrogens is 272 g/mol. The quantitative estimate of drug-likeness (QED) is 0.743. The second-order valence-corrected chi connectivity index (χ2v) is 6.00. The molecule has 0 atom stereocenters. The summed E-state index contributed by atoms with van der Waals surface area (Å²) >= 11 is 5.89. The van der Waals surface area contributed by atoms with Crippen molar-refractivity contribution in [3.63, 3.8) is 0 Å². The molecule has 1 aliphatic carbocycles. The second kappa shape index (κ2) is 7.24. The molecule has 0 radical (unpaired) electrons. The fourth-order valence-corrected chi connectivity index (χ4v) is 3.15. The lowest BCUT2D eigenvalue weighted by Gasteiger charge is -2.31. The van der Waals surface area contributed by atoms with E-state index in [0.717, 1.165) is 31.2 Å². The molecule has 3 heteroatoms. The van der Waals surface area contributed by atoms with Gasteiger partial charge in [-0.15, -0.1) is 0 Å². The fourth-order valence-electron chi connectivity index (χ4n) is 3.03. The van der Waals surface area contributed by atoms with Crippen LogP contribution in [-0.4, -0.2) is 18.0 Å². The van der Waals surface area contributed by atoms with E-state index in [-0.39, 0.29) is 5.78 Å². The Hall–Kier alpha value is -0.860. The Kier molecular flexibility index (Phi) is 5.62. The van der Waals surface area contributed by atoms with E-state index >= 15 is 0 Å². The number of halogens is 1. The molecule has 110 valence electrons. The summed E-state index contributed by atoms with van der Waals surface area (Å²) in [5.74, 6) is 0.226. The minimum Gasteiger partial charge on any atom is -0.367 e. The molecule has 0 unspecified atom stereocenters. The zero-order chi connectivity index (χ0) is 14.4. The Morgan fingerprint density at radius 3 is 2.30 bits per heavy atom. The molecule has 1 aliphatic rings. The average Bonchev–Trinajstić information content (AvgIpc) is 2.68. The molecule has 0 aromatic heterocycles. The Bertz CT molecular complexity index is 431. The summed E-state index contributed by atoms with van der Waals surface area (Å²) < 4.78 is 5.93. The van der Waals surface area contributed by atoms with Crippen molar-refractivity contribution in [2.24, 2.45) is 0 Å². The summed E-state index contributed by atoms with van der Waals surface area (Å²) in [4.78, 5) is 12.8. The van der Waals surface area contributed by atoms with Gasteiger partial charge >= 0.3 is 0 Å². The molecule has 0 saturated heterocycles. The summed E-state index contributed by atoms with van der Waals surface area (Å²) in [7, 11) is 0. The lowest BCUT2D eigenvalue weighted by Crippen LogP contribution is -2.42. The maximum atomic E-state index is 12.8. The van der Waals surface area contributed by atoms with E-state index in [4.69, 9.17) is 16.3 Å². The van der Waals surface area contributed by atoms with E-state index in [1.807, 2.05) is 31.2 Å². The lowest BCUT2D eigenvalue weighted by atomic mass is 9.86. The molecule has 2 nitrogen and oxygen atoms in total. The zero-order valence-corrected chi connectivity index (χ0v) is 12.9. The van der Waals surface area contributed by atoms with Crippen LogP contribution < -0.4 is 0 Å². The van der Waals surface area contributed by atoms with Gasteiger partial charge in [-0.1, -0.05) is 49.4 Å². The van der Waals surface area contributed by atoms with Crippen molar-refractivity contribution in [2.45, 2.75) is 57.5 Å². The number of ether oxygens (including phenoxy) is 1. The molecule has 0 N–H and O–H groups in total. The normalized spacial score (nSPS) is 18.5. The third-order valence-electron chi connectivity index (χ3n) is 4.12. The number of carbonyl (C=O) groups excluding carboxylic acids is 1. The molecule has 20 heavy (non-hydrogen) atoms. The molecule has 1 saturated carbocycles. The van der Waals surface area contributed by atoms with Crippen LogP contribution in [0.25, 0.3) is 0 Å². The van der Waals surface area contributed by atoms with Crippen molar-refractivity contribution in [3.8, 4) is 0 Å². The van der Waals surface area contributed by atoms with Gasteiger partial charge in [0.25, 0.3) is 0 Å². The third kappa shape index (κ3) is 3.83. The highest BCUT2D eigenvalue weighted by Crippen LogP contribution is 2.32. The van der Waals surface area contributed by atoms with Crippen LogP contribution >= 0.6 is 11.6 Å². The van der Waals surface area contributed by atoms with Crippen molar-refractivity contribution in [1.29, 1.82) is 0 Å². The summed E-state index contributed by atoms with van der Waals surface area (Å²) in [5, 5.41) is 0.704. The summed E-state index contributed by atoms with van der Waals surface area (Å²) in [6.45, 7) is 2.58. The van der Waals surface area contributed by atoms with E-state index < -0.39 is 5.60 Å². The number of Topliss-reactive ketones (excluding diaryl/α,β-unsaturated/α-hetero) is 1. The molecule has 0 spiro atoms. The van der Waals surface area contributed by atoms with Crippen molar-refractivity contribution in [1.82, 2.24) is 0 Å². The van der Waals surface area contributed by atoms with E-state index in [0.29, 0.717) is 18.1 Å². The number of hydrogen-bond acceptors (Lipinski definition) is 2. The van der Waals surface area contributed by atoms with Crippen LogP contribution in [-0.2, 0) is 16.0 Å². The van der Waals surface area contributed by atoms with Gasteiger partial charge in [0.15, 0.2) is 5.78 Å². The smallest absolute Gasteiger partial charge is 0.168 e. The minimum absolute atomic E-state index is 0.226. The predicted octanol–water partition coefficient (Wildman–Crippen LogP) is 4.58. The van der Waals surface area contributed by atoms with Gasteiger partial charge in [0.05, 0.1) is 0 Å². The maximum Gasteiger partial charge on any atom is 0.168 e. The highest BCUT2D eigenvalue weighted by Gasteiger charge is 2.38. The topological polar surface area (TPSA) is 26.3 Å². The molecule has 0 amide bonds. The first kappa shape index (κ1) is 15.5. The van der Waals surface area contributed by atoms with Crippen molar-refractivity contribution >= 4 is 17.4 Å². The van der Waals surface area contributed by atoms with E-state index in [9.17, 15) is 4.79 Å². The molecule has 0 bridgehead atoms. The first-order valence-corrected chi connectivity index (χ1v) is 7.96. The number of ketones is 1. The SMILES string of the molecule is CCOC1(C(=O)Cc2ccc(Cl)cc2)CCCCCC1. The van der Waals surface area contributed by atoms with Crippen LogP contribution in [0.2, 0.25) is 5.02 Å². The minimum atomic E-state index is -0.551. The van der Waals surface area contributed by atoms with Gasteiger partial charge in [0.2, 0.25) is 0 Å². The first-order chi connectivity index (χ1) is 9.66. The van der Waals surface area contributed by atoms with E-state index in [1.54, 1.807) is 0 Å². The van der Waals surface area contributed by atoms with Crippen LogP contribution in [0.15, 0.2) is 24.3 Å². The molecule has 0 heterocycles. The summed E-state index contributed by atoms with van der Waals surface area (Å²) in [5.41, 5.74) is 0.466. The molecule has 1 fully saturated rings.